The van der Waals surface area contributed by atoms with Crippen molar-refractivity contribution in [2.24, 2.45) is 5.92 Å². The third-order valence-electron chi connectivity index (χ3n) is 4.81. The molecule has 0 spiro atoms. The largest absolute Gasteiger partial charge is 0.348 e. The van der Waals surface area contributed by atoms with Crippen molar-refractivity contribution in [2.75, 3.05) is 5.32 Å². The van der Waals surface area contributed by atoms with Gasteiger partial charge in [0.1, 0.15) is 6.04 Å². The number of carbonyl (C=O) groups excluding carboxylic acids is 3. The van der Waals surface area contributed by atoms with Crippen LogP contribution in [0.4, 0.5) is 5.69 Å². The zero-order chi connectivity index (χ0) is 23.0. The number of rotatable bonds is 9. The van der Waals surface area contributed by atoms with Crippen molar-refractivity contribution in [1.82, 2.24) is 10.6 Å². The van der Waals surface area contributed by atoms with Crippen molar-refractivity contribution in [3.8, 4) is 0 Å². The third kappa shape index (κ3) is 7.72. The van der Waals surface area contributed by atoms with Crippen molar-refractivity contribution in [3.05, 3.63) is 64.7 Å². The number of carbonyl (C=O) groups is 3. The second kappa shape index (κ2) is 11.5. The van der Waals surface area contributed by atoms with Gasteiger partial charge in [0.15, 0.2) is 0 Å². The van der Waals surface area contributed by atoms with E-state index in [2.05, 4.69) is 16.0 Å². The lowest BCUT2D eigenvalue weighted by Gasteiger charge is -2.23. The summed E-state index contributed by atoms with van der Waals surface area (Å²) in [5.74, 6) is -0.395. The molecule has 2 aromatic rings. The van der Waals surface area contributed by atoms with E-state index >= 15 is 0 Å². The summed E-state index contributed by atoms with van der Waals surface area (Å²) in [4.78, 5) is 37.0. The van der Waals surface area contributed by atoms with Crippen LogP contribution in [0.25, 0.3) is 0 Å². The van der Waals surface area contributed by atoms with Crippen LogP contribution in [0.5, 0.6) is 0 Å². The highest BCUT2D eigenvalue weighted by molar-refractivity contribution is 6.30. The van der Waals surface area contributed by atoms with Gasteiger partial charge in [0, 0.05) is 22.7 Å². The van der Waals surface area contributed by atoms with Crippen LogP contribution in [0.1, 0.15) is 62.5 Å². The van der Waals surface area contributed by atoms with Crippen LogP contribution in [0.15, 0.2) is 48.5 Å². The molecule has 0 aliphatic carbocycles. The fraction of sp³-hybridized carbons (Fsp3) is 0.375. The van der Waals surface area contributed by atoms with E-state index in [9.17, 15) is 14.4 Å². The normalized spacial score (nSPS) is 12.7. The maximum Gasteiger partial charge on any atom is 0.251 e. The van der Waals surface area contributed by atoms with Gasteiger partial charge in [-0.15, -0.1) is 0 Å². The van der Waals surface area contributed by atoms with Gasteiger partial charge in [-0.2, -0.15) is 0 Å². The molecular weight excluding hydrogens is 414 g/mol. The molecule has 0 aromatic heterocycles. The molecule has 0 saturated carbocycles. The van der Waals surface area contributed by atoms with Crippen LogP contribution < -0.4 is 16.0 Å². The van der Waals surface area contributed by atoms with Crippen LogP contribution in [-0.4, -0.2) is 23.8 Å². The minimum absolute atomic E-state index is 0.0537. The Morgan fingerprint density at radius 2 is 1.52 bits per heavy atom. The SMILES string of the molecule is CCC(=O)Nc1ccc(C(C)NC(=O)C(CC(C)C)NC(=O)c2ccc(Cl)cc2)cc1. The van der Waals surface area contributed by atoms with Gasteiger partial charge < -0.3 is 16.0 Å². The summed E-state index contributed by atoms with van der Waals surface area (Å²) in [6.07, 6.45) is 0.924. The molecule has 0 fully saturated rings. The van der Waals surface area contributed by atoms with Crippen molar-refractivity contribution in [2.45, 2.75) is 52.6 Å². The first-order valence-corrected chi connectivity index (χ1v) is 10.8. The molecule has 0 aliphatic rings. The van der Waals surface area contributed by atoms with E-state index in [1.165, 1.54) is 0 Å². The van der Waals surface area contributed by atoms with Crippen LogP contribution in [0, 0.1) is 5.92 Å². The maximum absolute atomic E-state index is 12.9. The number of anilines is 1. The summed E-state index contributed by atoms with van der Waals surface area (Å²) in [7, 11) is 0. The van der Waals surface area contributed by atoms with Gasteiger partial charge in [-0.3, -0.25) is 14.4 Å². The summed E-state index contributed by atoms with van der Waals surface area (Å²) < 4.78 is 0. The second-order valence-corrected chi connectivity index (χ2v) is 8.35. The Hall–Kier alpha value is -2.86. The lowest BCUT2D eigenvalue weighted by molar-refractivity contribution is -0.124. The Balaban J connectivity index is 2.04. The van der Waals surface area contributed by atoms with E-state index in [-0.39, 0.29) is 29.7 Å². The highest BCUT2D eigenvalue weighted by Gasteiger charge is 2.24. The van der Waals surface area contributed by atoms with Crippen LogP contribution in [-0.2, 0) is 9.59 Å². The molecule has 6 nitrogen and oxygen atoms in total. The van der Waals surface area contributed by atoms with E-state index < -0.39 is 6.04 Å². The summed E-state index contributed by atoms with van der Waals surface area (Å²) >= 11 is 5.88. The molecular formula is C24H30ClN3O3. The summed E-state index contributed by atoms with van der Waals surface area (Å²) in [6.45, 7) is 7.68. The minimum atomic E-state index is -0.659. The van der Waals surface area contributed by atoms with Crippen molar-refractivity contribution >= 4 is 35.0 Å². The van der Waals surface area contributed by atoms with Crippen LogP contribution >= 0.6 is 11.6 Å². The lowest BCUT2D eigenvalue weighted by atomic mass is 10.0. The summed E-state index contributed by atoms with van der Waals surface area (Å²) in [5, 5.41) is 9.15. The molecule has 3 amide bonds. The number of halogens is 1. The molecule has 2 unspecified atom stereocenters. The second-order valence-electron chi connectivity index (χ2n) is 7.92. The Morgan fingerprint density at radius 1 is 0.903 bits per heavy atom. The zero-order valence-electron chi connectivity index (χ0n) is 18.4. The Kier molecular flexibility index (Phi) is 9.06. The maximum atomic E-state index is 12.9. The highest BCUT2D eigenvalue weighted by Crippen LogP contribution is 2.17. The zero-order valence-corrected chi connectivity index (χ0v) is 19.1. The van der Waals surface area contributed by atoms with E-state index in [0.29, 0.717) is 29.1 Å². The molecule has 31 heavy (non-hydrogen) atoms. The minimum Gasteiger partial charge on any atom is -0.348 e. The first-order valence-electron chi connectivity index (χ1n) is 10.5. The number of nitrogens with one attached hydrogen (secondary N) is 3. The monoisotopic (exact) mass is 443 g/mol. The quantitative estimate of drug-likeness (QED) is 0.524. The van der Waals surface area contributed by atoms with E-state index in [4.69, 9.17) is 11.6 Å². The van der Waals surface area contributed by atoms with Crippen molar-refractivity contribution in [3.63, 3.8) is 0 Å². The van der Waals surface area contributed by atoms with Crippen LogP contribution in [0.2, 0.25) is 5.02 Å². The number of amides is 3. The fourth-order valence-corrected chi connectivity index (χ4v) is 3.17. The summed E-state index contributed by atoms with van der Waals surface area (Å²) in [5.41, 5.74) is 2.06. The molecule has 0 saturated heterocycles. The predicted molar refractivity (Wildman–Crippen MR) is 124 cm³/mol. The molecule has 2 rings (SSSR count). The first-order chi connectivity index (χ1) is 14.7. The standard InChI is InChI=1S/C24H30ClN3O3/c1-5-22(29)27-20-12-8-17(9-13-20)16(4)26-24(31)21(14-15(2)3)28-23(30)18-6-10-19(25)11-7-18/h6-13,15-16,21H,5,14H2,1-4H3,(H,26,31)(H,27,29)(H,28,30). The molecule has 3 N–H and O–H groups in total. The Morgan fingerprint density at radius 3 is 2.06 bits per heavy atom. The van der Waals surface area contributed by atoms with Gasteiger partial charge in [-0.25, -0.2) is 0 Å². The van der Waals surface area contributed by atoms with Gasteiger partial charge in [-0.1, -0.05) is 44.5 Å². The van der Waals surface area contributed by atoms with Gasteiger partial charge in [0.2, 0.25) is 11.8 Å². The topological polar surface area (TPSA) is 87.3 Å². The molecule has 7 heteroatoms. The first kappa shape index (κ1) is 24.4. The fourth-order valence-electron chi connectivity index (χ4n) is 3.05. The average molecular weight is 444 g/mol. The lowest BCUT2D eigenvalue weighted by Crippen LogP contribution is -2.48. The van der Waals surface area contributed by atoms with Crippen molar-refractivity contribution < 1.29 is 14.4 Å². The van der Waals surface area contributed by atoms with Gasteiger partial charge in [0.05, 0.1) is 6.04 Å². The number of benzene rings is 2. The molecule has 0 bridgehead atoms. The van der Waals surface area contributed by atoms with E-state index in [1.54, 1.807) is 43.3 Å². The molecule has 0 heterocycles. The molecule has 0 aliphatic heterocycles. The number of hydrogen-bond acceptors (Lipinski definition) is 3. The average Bonchev–Trinajstić information content (AvgIpc) is 2.73. The van der Waals surface area contributed by atoms with Crippen LogP contribution in [0.3, 0.4) is 0 Å². The summed E-state index contributed by atoms with van der Waals surface area (Å²) in [6, 6.07) is 13.0. The molecule has 166 valence electrons. The molecule has 0 radical (unpaired) electrons. The van der Waals surface area contributed by atoms with E-state index in [1.807, 2.05) is 32.9 Å². The molecule has 2 aromatic carbocycles. The van der Waals surface area contributed by atoms with E-state index in [0.717, 1.165) is 5.56 Å². The smallest absolute Gasteiger partial charge is 0.251 e. The predicted octanol–water partition coefficient (Wildman–Crippen LogP) is 4.71. The van der Waals surface area contributed by atoms with Gasteiger partial charge >= 0.3 is 0 Å². The Labute approximate surface area is 188 Å². The highest BCUT2D eigenvalue weighted by atomic mass is 35.5. The van der Waals surface area contributed by atoms with Crippen molar-refractivity contribution in [1.29, 1.82) is 0 Å². The third-order valence-corrected chi connectivity index (χ3v) is 5.06. The Bertz CT molecular complexity index is 895. The van der Waals surface area contributed by atoms with Gasteiger partial charge in [-0.05, 0) is 61.2 Å². The number of hydrogen-bond donors (Lipinski definition) is 3. The van der Waals surface area contributed by atoms with Gasteiger partial charge in [0.25, 0.3) is 5.91 Å². The molecule has 2 atom stereocenters.